The van der Waals surface area contributed by atoms with Gasteiger partial charge in [-0.25, -0.2) is 14.2 Å². The van der Waals surface area contributed by atoms with Crippen molar-refractivity contribution in [3.8, 4) is 0 Å². The van der Waals surface area contributed by atoms with Gasteiger partial charge in [0, 0.05) is 23.9 Å². The predicted octanol–water partition coefficient (Wildman–Crippen LogP) is 4.67. The highest BCUT2D eigenvalue weighted by molar-refractivity contribution is 7.14. The second-order valence-corrected chi connectivity index (χ2v) is 8.18. The second-order valence-electron chi connectivity index (χ2n) is 7.34. The van der Waals surface area contributed by atoms with E-state index in [2.05, 4.69) is 10.3 Å². The lowest BCUT2D eigenvalue weighted by Gasteiger charge is -2.18. The molecule has 1 N–H and O–H groups in total. The van der Waals surface area contributed by atoms with Gasteiger partial charge >= 0.3 is 5.97 Å². The maximum atomic E-state index is 14.2. The molecule has 1 fully saturated rings. The fourth-order valence-electron chi connectivity index (χ4n) is 3.01. The molecular weight excluding hydrogens is 433 g/mol. The summed E-state index contributed by atoms with van der Waals surface area (Å²) < 4.78 is 19.5. The van der Waals surface area contributed by atoms with Crippen LogP contribution in [-0.2, 0) is 20.9 Å². The summed E-state index contributed by atoms with van der Waals surface area (Å²) in [4.78, 5) is 41.7. The summed E-state index contributed by atoms with van der Waals surface area (Å²) in [5.41, 5.74) is 1.50. The molecule has 0 saturated heterocycles. The normalized spacial score (nSPS) is 12.8. The van der Waals surface area contributed by atoms with E-state index in [0.717, 1.165) is 24.2 Å². The van der Waals surface area contributed by atoms with E-state index in [-0.39, 0.29) is 35.2 Å². The van der Waals surface area contributed by atoms with Crippen molar-refractivity contribution in [1.82, 2.24) is 4.98 Å². The molecule has 0 atom stereocenters. The maximum absolute atomic E-state index is 14.2. The van der Waals surface area contributed by atoms with Crippen molar-refractivity contribution in [1.29, 1.82) is 0 Å². The first-order valence-electron chi connectivity index (χ1n) is 10.00. The van der Waals surface area contributed by atoms with E-state index in [0.29, 0.717) is 16.9 Å². The summed E-state index contributed by atoms with van der Waals surface area (Å²) in [6.45, 7) is 1.22. The number of rotatable bonds is 7. The van der Waals surface area contributed by atoms with Crippen LogP contribution in [0.3, 0.4) is 0 Å². The molecule has 7 nitrogen and oxygen atoms in total. The highest BCUT2D eigenvalue weighted by Crippen LogP contribution is 2.31. The molecule has 32 heavy (non-hydrogen) atoms. The highest BCUT2D eigenvalue weighted by atomic mass is 32.1. The Balaban J connectivity index is 1.38. The van der Waals surface area contributed by atoms with Crippen LogP contribution in [0.25, 0.3) is 0 Å². The van der Waals surface area contributed by atoms with Gasteiger partial charge in [0.2, 0.25) is 11.8 Å². The van der Waals surface area contributed by atoms with Gasteiger partial charge in [0.15, 0.2) is 5.13 Å². The molecule has 1 heterocycles. The number of carbonyl (C=O) groups excluding carboxylic acids is 3. The number of carbonyl (C=O) groups is 3. The number of nitrogens with zero attached hydrogens (tertiary/aromatic N) is 2. The summed E-state index contributed by atoms with van der Waals surface area (Å²) in [7, 11) is 0. The Morgan fingerprint density at radius 1 is 1.16 bits per heavy atom. The number of nitrogens with one attached hydrogen (secondary N) is 1. The number of amides is 2. The Labute approximate surface area is 187 Å². The molecule has 1 saturated carbocycles. The molecule has 0 unspecified atom stereocenters. The lowest BCUT2D eigenvalue weighted by atomic mass is 10.2. The van der Waals surface area contributed by atoms with Crippen LogP contribution < -0.4 is 10.2 Å². The van der Waals surface area contributed by atoms with Gasteiger partial charge in [-0.1, -0.05) is 12.1 Å². The number of aromatic nitrogens is 1. The highest BCUT2D eigenvalue weighted by Gasteiger charge is 2.29. The minimum atomic E-state index is -0.544. The largest absolute Gasteiger partial charge is 0.456 e. The van der Waals surface area contributed by atoms with Gasteiger partial charge in [0.25, 0.3) is 0 Å². The summed E-state index contributed by atoms with van der Waals surface area (Å²) >= 11 is 1.15. The third-order valence-electron chi connectivity index (χ3n) is 4.83. The second kappa shape index (κ2) is 9.27. The summed E-state index contributed by atoms with van der Waals surface area (Å²) in [6.07, 6.45) is 1.83. The molecule has 1 aromatic heterocycles. The average molecular weight is 453 g/mol. The number of halogens is 1. The standard InChI is InChI=1S/C23H20FN3O4S/c1-14(28)27(20-5-3-2-4-19(20)24)23-26-18(13-32-23)12-31-22(30)16-8-10-17(11-9-16)25-21(29)15-6-7-15/h2-5,8-11,13,15H,6-7,12H2,1H3,(H,25,29). The molecule has 0 spiro atoms. The monoisotopic (exact) mass is 453 g/mol. The van der Waals surface area contributed by atoms with Crippen LogP contribution in [0.15, 0.2) is 53.9 Å². The maximum Gasteiger partial charge on any atom is 0.338 e. The van der Waals surface area contributed by atoms with Crippen LogP contribution in [0.2, 0.25) is 0 Å². The minimum Gasteiger partial charge on any atom is -0.456 e. The summed E-state index contributed by atoms with van der Waals surface area (Å²) in [5.74, 6) is -1.38. The van der Waals surface area contributed by atoms with E-state index in [1.54, 1.807) is 35.7 Å². The van der Waals surface area contributed by atoms with Crippen molar-refractivity contribution >= 4 is 45.6 Å². The predicted molar refractivity (Wildman–Crippen MR) is 118 cm³/mol. The summed E-state index contributed by atoms with van der Waals surface area (Å²) in [6, 6.07) is 12.4. The van der Waals surface area contributed by atoms with E-state index in [1.165, 1.54) is 30.0 Å². The van der Waals surface area contributed by atoms with Gasteiger partial charge in [0.05, 0.1) is 16.9 Å². The van der Waals surface area contributed by atoms with E-state index in [1.807, 2.05) is 0 Å². The van der Waals surface area contributed by atoms with Crippen LogP contribution in [-0.4, -0.2) is 22.8 Å². The first-order chi connectivity index (χ1) is 15.4. The number of hydrogen-bond acceptors (Lipinski definition) is 6. The number of anilines is 3. The molecule has 3 aromatic rings. The molecular formula is C23H20FN3O4S. The molecule has 4 rings (SSSR count). The fraction of sp³-hybridized carbons (Fsp3) is 0.217. The molecule has 0 radical (unpaired) electrons. The quantitative estimate of drug-likeness (QED) is 0.525. The van der Waals surface area contributed by atoms with E-state index < -0.39 is 11.8 Å². The van der Waals surface area contributed by atoms with Gasteiger partial charge in [0.1, 0.15) is 12.4 Å². The zero-order valence-electron chi connectivity index (χ0n) is 17.2. The zero-order chi connectivity index (χ0) is 22.7. The van der Waals surface area contributed by atoms with Crippen molar-refractivity contribution < 1.29 is 23.5 Å². The Kier molecular flexibility index (Phi) is 6.27. The number of para-hydroxylation sites is 1. The number of benzene rings is 2. The van der Waals surface area contributed by atoms with Crippen molar-refractivity contribution in [3.63, 3.8) is 0 Å². The molecule has 164 valence electrons. The van der Waals surface area contributed by atoms with Gasteiger partial charge in [-0.2, -0.15) is 0 Å². The first-order valence-corrected chi connectivity index (χ1v) is 10.9. The number of ether oxygens (including phenoxy) is 1. The van der Waals surface area contributed by atoms with E-state index in [9.17, 15) is 18.8 Å². The number of thiazole rings is 1. The number of esters is 1. The fourth-order valence-corrected chi connectivity index (χ4v) is 3.87. The molecule has 0 bridgehead atoms. The molecule has 2 aromatic carbocycles. The SMILES string of the molecule is CC(=O)N(c1nc(COC(=O)c2ccc(NC(=O)C3CC3)cc2)cs1)c1ccccc1F. The van der Waals surface area contributed by atoms with Crippen LogP contribution in [0.4, 0.5) is 20.9 Å². The van der Waals surface area contributed by atoms with Crippen LogP contribution >= 0.6 is 11.3 Å². The molecule has 9 heteroatoms. The molecule has 2 amide bonds. The van der Waals surface area contributed by atoms with Crippen molar-refractivity contribution in [2.24, 2.45) is 5.92 Å². The van der Waals surface area contributed by atoms with Crippen LogP contribution in [0, 0.1) is 11.7 Å². The lowest BCUT2D eigenvalue weighted by Crippen LogP contribution is -2.23. The molecule has 0 aliphatic heterocycles. The Morgan fingerprint density at radius 3 is 2.53 bits per heavy atom. The van der Waals surface area contributed by atoms with Gasteiger partial charge in [-0.3, -0.25) is 14.5 Å². The minimum absolute atomic E-state index is 0.00495. The van der Waals surface area contributed by atoms with E-state index >= 15 is 0 Å². The third kappa shape index (κ3) is 5.00. The Morgan fingerprint density at radius 2 is 1.88 bits per heavy atom. The Bertz CT molecular complexity index is 1160. The number of hydrogen-bond donors (Lipinski definition) is 1. The van der Waals surface area contributed by atoms with E-state index in [4.69, 9.17) is 4.74 Å². The van der Waals surface area contributed by atoms with Crippen LogP contribution in [0.1, 0.15) is 35.8 Å². The first kappa shape index (κ1) is 21.6. The van der Waals surface area contributed by atoms with Gasteiger partial charge in [-0.05, 0) is 49.2 Å². The van der Waals surface area contributed by atoms with Crippen molar-refractivity contribution in [2.75, 3.05) is 10.2 Å². The Hall–Kier alpha value is -3.59. The van der Waals surface area contributed by atoms with Crippen molar-refractivity contribution in [2.45, 2.75) is 26.4 Å². The smallest absolute Gasteiger partial charge is 0.338 e. The topological polar surface area (TPSA) is 88.6 Å². The van der Waals surface area contributed by atoms with Gasteiger partial charge in [-0.15, -0.1) is 11.3 Å². The van der Waals surface area contributed by atoms with Crippen LogP contribution in [0.5, 0.6) is 0 Å². The zero-order valence-corrected chi connectivity index (χ0v) is 18.0. The average Bonchev–Trinajstić information content (AvgIpc) is 3.53. The summed E-state index contributed by atoms with van der Waals surface area (Å²) in [5, 5.41) is 4.74. The lowest BCUT2D eigenvalue weighted by molar-refractivity contribution is -0.117. The molecule has 1 aliphatic carbocycles. The third-order valence-corrected chi connectivity index (χ3v) is 5.70. The van der Waals surface area contributed by atoms with Gasteiger partial charge < -0.3 is 10.1 Å². The van der Waals surface area contributed by atoms with Crippen molar-refractivity contribution in [3.05, 3.63) is 71.0 Å². The molecule has 1 aliphatic rings.